The number of hydrogen-bond acceptors (Lipinski definition) is 3. The molecule has 1 saturated carbocycles. The number of aliphatic hydroxyl groups excluding tert-OH is 1. The van der Waals surface area contributed by atoms with Crippen LogP contribution >= 0.6 is 0 Å². The molecule has 2 N–H and O–H groups in total. The lowest BCUT2D eigenvalue weighted by atomic mass is 10.0. The van der Waals surface area contributed by atoms with E-state index in [-0.39, 0.29) is 29.9 Å². The van der Waals surface area contributed by atoms with Gasteiger partial charge in [-0.3, -0.25) is 9.59 Å². The predicted octanol–water partition coefficient (Wildman–Crippen LogP) is 2.06. The van der Waals surface area contributed by atoms with Gasteiger partial charge < -0.3 is 15.3 Å². The third-order valence-electron chi connectivity index (χ3n) is 4.29. The molecule has 0 aromatic heterocycles. The molecule has 5 heteroatoms. The molecule has 0 radical (unpaired) electrons. The number of nitrogens with zero attached hydrogens (tertiary/aromatic N) is 1. The minimum Gasteiger partial charge on any atom is -0.393 e. The van der Waals surface area contributed by atoms with E-state index < -0.39 is 0 Å². The summed E-state index contributed by atoms with van der Waals surface area (Å²) in [6.45, 7) is 4.37. The average molecular weight is 318 g/mol. The summed E-state index contributed by atoms with van der Waals surface area (Å²) in [7, 11) is 1.76. The summed E-state index contributed by atoms with van der Waals surface area (Å²) in [5, 5.41) is 12.7. The van der Waals surface area contributed by atoms with Gasteiger partial charge in [-0.15, -0.1) is 0 Å². The highest BCUT2D eigenvalue weighted by atomic mass is 16.3. The second kappa shape index (κ2) is 7.59. The molecule has 1 aromatic carbocycles. The highest BCUT2D eigenvalue weighted by Gasteiger charge is 2.27. The molecule has 23 heavy (non-hydrogen) atoms. The van der Waals surface area contributed by atoms with Crippen LogP contribution in [-0.4, -0.2) is 47.6 Å². The van der Waals surface area contributed by atoms with E-state index in [0.29, 0.717) is 17.7 Å². The largest absolute Gasteiger partial charge is 0.393 e. The maximum atomic E-state index is 12.4. The van der Waals surface area contributed by atoms with Gasteiger partial charge in [-0.1, -0.05) is 6.42 Å². The van der Waals surface area contributed by atoms with E-state index >= 15 is 0 Å². The minimum atomic E-state index is -0.299. The molecule has 126 valence electrons. The van der Waals surface area contributed by atoms with Crippen molar-refractivity contribution in [3.63, 3.8) is 0 Å². The smallest absolute Gasteiger partial charge is 0.253 e. The molecule has 1 aliphatic rings. The zero-order valence-electron chi connectivity index (χ0n) is 14.1. The van der Waals surface area contributed by atoms with E-state index in [0.717, 1.165) is 19.3 Å². The van der Waals surface area contributed by atoms with Crippen LogP contribution in [0.5, 0.6) is 0 Å². The van der Waals surface area contributed by atoms with Crippen LogP contribution in [0.3, 0.4) is 0 Å². The summed E-state index contributed by atoms with van der Waals surface area (Å²) in [6.07, 6.45) is 2.51. The Morgan fingerprint density at radius 3 is 2.35 bits per heavy atom. The third kappa shape index (κ3) is 4.55. The number of aliphatic hydroxyl groups is 1. The summed E-state index contributed by atoms with van der Waals surface area (Å²) in [5.41, 5.74) is 1.10. The standard InChI is InChI=1S/C18H26N2O3/c1-12(2)19-17(22)13-7-9-14(10-8-13)18(23)20(3)11-15-5-4-6-16(15)21/h7-10,12,15-16,21H,4-6,11H2,1-3H3,(H,19,22). The van der Waals surface area contributed by atoms with Gasteiger partial charge in [0.2, 0.25) is 0 Å². The number of carbonyl (C=O) groups is 2. The zero-order chi connectivity index (χ0) is 17.0. The van der Waals surface area contributed by atoms with Crippen molar-refractivity contribution < 1.29 is 14.7 Å². The van der Waals surface area contributed by atoms with Crippen LogP contribution in [0.15, 0.2) is 24.3 Å². The molecule has 1 aliphatic carbocycles. The maximum Gasteiger partial charge on any atom is 0.253 e. The normalized spacial score (nSPS) is 20.6. The highest BCUT2D eigenvalue weighted by Crippen LogP contribution is 2.26. The average Bonchev–Trinajstić information content (AvgIpc) is 2.91. The second-order valence-corrected chi connectivity index (χ2v) is 6.65. The molecule has 0 heterocycles. The SMILES string of the molecule is CC(C)NC(=O)c1ccc(C(=O)N(C)CC2CCCC2O)cc1. The first kappa shape index (κ1) is 17.5. The van der Waals surface area contributed by atoms with Gasteiger partial charge in [-0.05, 0) is 51.0 Å². The first-order chi connectivity index (χ1) is 10.9. The van der Waals surface area contributed by atoms with Crippen molar-refractivity contribution in [2.24, 2.45) is 5.92 Å². The minimum absolute atomic E-state index is 0.0766. The molecular weight excluding hydrogens is 292 g/mol. The number of benzene rings is 1. The van der Waals surface area contributed by atoms with Gasteiger partial charge in [0.1, 0.15) is 0 Å². The van der Waals surface area contributed by atoms with Crippen LogP contribution in [0.2, 0.25) is 0 Å². The van der Waals surface area contributed by atoms with Crippen LogP contribution in [0.4, 0.5) is 0 Å². The summed E-state index contributed by atoms with van der Waals surface area (Å²) < 4.78 is 0. The summed E-state index contributed by atoms with van der Waals surface area (Å²) >= 11 is 0. The van der Waals surface area contributed by atoms with Crippen molar-refractivity contribution in [1.29, 1.82) is 0 Å². The lowest BCUT2D eigenvalue weighted by Gasteiger charge is -2.23. The molecule has 2 atom stereocenters. The van der Waals surface area contributed by atoms with E-state index in [1.165, 1.54) is 0 Å². The Morgan fingerprint density at radius 1 is 1.22 bits per heavy atom. The number of hydrogen-bond donors (Lipinski definition) is 2. The van der Waals surface area contributed by atoms with E-state index in [1.807, 2.05) is 13.8 Å². The van der Waals surface area contributed by atoms with Crippen LogP contribution in [0.25, 0.3) is 0 Å². The lowest BCUT2D eigenvalue weighted by Crippen LogP contribution is -2.34. The Balaban J connectivity index is 1.97. The fourth-order valence-corrected chi connectivity index (χ4v) is 2.99. The van der Waals surface area contributed by atoms with Gasteiger partial charge in [0, 0.05) is 36.7 Å². The molecule has 2 unspecified atom stereocenters. The number of amides is 2. The Bertz CT molecular complexity index is 554. The summed E-state index contributed by atoms with van der Waals surface area (Å²) in [5.74, 6) is -0.0543. The summed E-state index contributed by atoms with van der Waals surface area (Å²) in [6, 6.07) is 6.78. The van der Waals surface area contributed by atoms with Crippen LogP contribution in [-0.2, 0) is 0 Å². The Labute approximate surface area is 137 Å². The molecule has 2 amide bonds. The first-order valence-electron chi connectivity index (χ1n) is 8.23. The number of nitrogens with one attached hydrogen (secondary N) is 1. The fourth-order valence-electron chi connectivity index (χ4n) is 2.99. The lowest BCUT2D eigenvalue weighted by molar-refractivity contribution is 0.0693. The van der Waals surface area contributed by atoms with Gasteiger partial charge in [0.25, 0.3) is 11.8 Å². The molecular formula is C18H26N2O3. The van der Waals surface area contributed by atoms with Gasteiger partial charge >= 0.3 is 0 Å². The van der Waals surface area contributed by atoms with Crippen molar-refractivity contribution in [3.05, 3.63) is 35.4 Å². The highest BCUT2D eigenvalue weighted by molar-refractivity contribution is 5.97. The van der Waals surface area contributed by atoms with Gasteiger partial charge in [0.15, 0.2) is 0 Å². The van der Waals surface area contributed by atoms with Crippen LogP contribution in [0, 0.1) is 5.92 Å². The molecule has 0 bridgehead atoms. The number of rotatable bonds is 5. The molecule has 0 aliphatic heterocycles. The number of carbonyl (C=O) groups excluding carboxylic acids is 2. The monoisotopic (exact) mass is 318 g/mol. The quantitative estimate of drug-likeness (QED) is 0.873. The third-order valence-corrected chi connectivity index (χ3v) is 4.29. The second-order valence-electron chi connectivity index (χ2n) is 6.65. The van der Waals surface area contributed by atoms with Crippen molar-refractivity contribution in [2.75, 3.05) is 13.6 Å². The molecule has 0 spiro atoms. The van der Waals surface area contributed by atoms with Crippen molar-refractivity contribution in [1.82, 2.24) is 10.2 Å². The van der Waals surface area contributed by atoms with Gasteiger partial charge in [0.05, 0.1) is 6.10 Å². The van der Waals surface area contributed by atoms with Crippen molar-refractivity contribution in [3.8, 4) is 0 Å². The molecule has 2 rings (SSSR count). The van der Waals surface area contributed by atoms with Crippen LogP contribution in [0.1, 0.15) is 53.8 Å². The first-order valence-corrected chi connectivity index (χ1v) is 8.23. The zero-order valence-corrected chi connectivity index (χ0v) is 14.1. The van der Waals surface area contributed by atoms with E-state index in [4.69, 9.17) is 0 Å². The Morgan fingerprint density at radius 2 is 1.83 bits per heavy atom. The molecule has 5 nitrogen and oxygen atoms in total. The van der Waals surface area contributed by atoms with Crippen molar-refractivity contribution >= 4 is 11.8 Å². The van der Waals surface area contributed by atoms with Gasteiger partial charge in [-0.25, -0.2) is 0 Å². The van der Waals surface area contributed by atoms with E-state index in [9.17, 15) is 14.7 Å². The topological polar surface area (TPSA) is 69.6 Å². The van der Waals surface area contributed by atoms with Gasteiger partial charge in [-0.2, -0.15) is 0 Å². The fraction of sp³-hybridized carbons (Fsp3) is 0.556. The van der Waals surface area contributed by atoms with E-state index in [1.54, 1.807) is 36.2 Å². The Kier molecular flexibility index (Phi) is 5.77. The Hall–Kier alpha value is -1.88. The van der Waals surface area contributed by atoms with Crippen LogP contribution < -0.4 is 5.32 Å². The molecule has 0 saturated heterocycles. The summed E-state index contributed by atoms with van der Waals surface area (Å²) in [4.78, 5) is 26.0. The van der Waals surface area contributed by atoms with E-state index in [2.05, 4.69) is 5.32 Å². The van der Waals surface area contributed by atoms with Crippen molar-refractivity contribution in [2.45, 2.75) is 45.3 Å². The maximum absolute atomic E-state index is 12.4. The predicted molar refractivity (Wildman–Crippen MR) is 89.4 cm³/mol. The molecule has 1 fully saturated rings. The molecule has 1 aromatic rings.